The Morgan fingerprint density at radius 3 is 2.48 bits per heavy atom. The molecule has 1 amide bonds. The predicted octanol–water partition coefficient (Wildman–Crippen LogP) is 5.15. The molecule has 0 aliphatic carbocycles. The van der Waals surface area contributed by atoms with Crippen LogP contribution in [0, 0.1) is 0 Å². The van der Waals surface area contributed by atoms with Gasteiger partial charge in [-0.1, -0.05) is 41.9 Å². The van der Waals surface area contributed by atoms with E-state index in [1.54, 1.807) is 0 Å². The first-order chi connectivity index (χ1) is 13.2. The van der Waals surface area contributed by atoms with E-state index in [0.717, 1.165) is 29.2 Å². The van der Waals surface area contributed by atoms with Gasteiger partial charge in [0.05, 0.1) is 0 Å². The molecule has 27 heavy (non-hydrogen) atoms. The minimum atomic E-state index is -0.00151. The molecule has 4 rings (SSSR count). The monoisotopic (exact) mass is 398 g/mol. The summed E-state index contributed by atoms with van der Waals surface area (Å²) in [5.41, 5.74) is 1.56. The maximum Gasteiger partial charge on any atom is 0.273 e. The summed E-state index contributed by atoms with van der Waals surface area (Å²) in [7, 11) is 0. The zero-order valence-electron chi connectivity index (χ0n) is 14.7. The summed E-state index contributed by atoms with van der Waals surface area (Å²) < 4.78 is 6.00. The Hall–Kier alpha value is -2.37. The molecular weight excluding hydrogens is 380 g/mol. The van der Waals surface area contributed by atoms with Gasteiger partial charge in [-0.3, -0.25) is 4.79 Å². The molecule has 1 aliphatic heterocycles. The highest BCUT2D eigenvalue weighted by Gasteiger charge is 2.26. The molecule has 1 saturated heterocycles. The molecule has 0 atom stereocenters. The van der Waals surface area contributed by atoms with Crippen molar-refractivity contribution in [1.29, 1.82) is 0 Å². The zero-order valence-corrected chi connectivity index (χ0v) is 16.2. The lowest BCUT2D eigenvalue weighted by Gasteiger charge is -2.31. The number of rotatable bonds is 4. The molecule has 0 radical (unpaired) electrons. The Morgan fingerprint density at radius 1 is 1.07 bits per heavy atom. The number of benzene rings is 2. The lowest BCUT2D eigenvalue weighted by atomic mass is 10.1. The summed E-state index contributed by atoms with van der Waals surface area (Å²) in [5, 5.41) is 3.42. The fraction of sp³-hybridized carbons (Fsp3) is 0.238. The number of aromatic nitrogens is 1. The lowest BCUT2D eigenvalue weighted by Crippen LogP contribution is -2.41. The van der Waals surface area contributed by atoms with E-state index in [1.807, 2.05) is 64.9 Å². The largest absolute Gasteiger partial charge is 0.490 e. The van der Waals surface area contributed by atoms with Crippen LogP contribution in [0.1, 0.15) is 23.3 Å². The molecule has 6 heteroatoms. The molecule has 138 valence electrons. The van der Waals surface area contributed by atoms with Crippen LogP contribution < -0.4 is 4.74 Å². The molecule has 0 spiro atoms. The topological polar surface area (TPSA) is 42.4 Å². The molecule has 1 aliphatic rings. The average Bonchev–Trinajstić information content (AvgIpc) is 3.21. The number of hydrogen-bond acceptors (Lipinski definition) is 4. The van der Waals surface area contributed by atoms with Crippen LogP contribution in [-0.4, -0.2) is 35.0 Å². The van der Waals surface area contributed by atoms with Crippen LogP contribution in [0.25, 0.3) is 10.6 Å². The summed E-state index contributed by atoms with van der Waals surface area (Å²) in [4.78, 5) is 19.2. The van der Waals surface area contributed by atoms with E-state index in [0.29, 0.717) is 23.8 Å². The summed E-state index contributed by atoms with van der Waals surface area (Å²) >= 11 is 7.41. The third-order valence-corrected chi connectivity index (χ3v) is 5.73. The first-order valence-electron chi connectivity index (χ1n) is 8.91. The van der Waals surface area contributed by atoms with E-state index < -0.39 is 0 Å². The van der Waals surface area contributed by atoms with Crippen molar-refractivity contribution in [3.05, 3.63) is 70.7 Å². The van der Waals surface area contributed by atoms with Gasteiger partial charge in [-0.25, -0.2) is 4.98 Å². The van der Waals surface area contributed by atoms with E-state index in [9.17, 15) is 4.79 Å². The van der Waals surface area contributed by atoms with Gasteiger partial charge in [-0.15, -0.1) is 11.3 Å². The molecule has 3 aromatic rings. The fourth-order valence-electron chi connectivity index (χ4n) is 3.13. The molecular formula is C21H19ClN2O2S. The highest BCUT2D eigenvalue weighted by atomic mass is 35.5. The Morgan fingerprint density at radius 2 is 1.78 bits per heavy atom. The number of nitrogens with zero attached hydrogens (tertiary/aromatic N) is 2. The van der Waals surface area contributed by atoms with Gasteiger partial charge >= 0.3 is 0 Å². The number of amides is 1. The highest BCUT2D eigenvalue weighted by Crippen LogP contribution is 2.25. The van der Waals surface area contributed by atoms with Gasteiger partial charge in [-0.05, 0) is 24.3 Å². The van der Waals surface area contributed by atoms with Crippen LogP contribution in [0.5, 0.6) is 5.75 Å². The van der Waals surface area contributed by atoms with Crippen molar-refractivity contribution in [1.82, 2.24) is 9.88 Å². The van der Waals surface area contributed by atoms with Crippen molar-refractivity contribution in [3.8, 4) is 16.3 Å². The van der Waals surface area contributed by atoms with Crippen LogP contribution >= 0.6 is 22.9 Å². The molecule has 4 nitrogen and oxygen atoms in total. The van der Waals surface area contributed by atoms with Gasteiger partial charge in [0.15, 0.2) is 0 Å². The Kier molecular flexibility index (Phi) is 5.41. The summed E-state index contributed by atoms with van der Waals surface area (Å²) in [5.74, 6) is 0.814. The summed E-state index contributed by atoms with van der Waals surface area (Å²) in [6.45, 7) is 1.35. The number of ether oxygens (including phenoxy) is 1. The average molecular weight is 399 g/mol. The van der Waals surface area contributed by atoms with Gasteiger partial charge in [0.1, 0.15) is 22.6 Å². The molecule has 0 bridgehead atoms. The Bertz CT molecular complexity index is 903. The van der Waals surface area contributed by atoms with Gasteiger partial charge in [-0.2, -0.15) is 0 Å². The number of halogens is 1. The van der Waals surface area contributed by atoms with Crippen LogP contribution in [0.2, 0.25) is 5.02 Å². The van der Waals surface area contributed by atoms with Crippen LogP contribution in [0.3, 0.4) is 0 Å². The second-order valence-corrected chi connectivity index (χ2v) is 7.76. The summed E-state index contributed by atoms with van der Waals surface area (Å²) in [6.07, 6.45) is 1.74. The number of piperidine rings is 1. The smallest absolute Gasteiger partial charge is 0.273 e. The molecule has 1 fully saturated rings. The highest BCUT2D eigenvalue weighted by molar-refractivity contribution is 7.13. The quantitative estimate of drug-likeness (QED) is 0.610. The number of hydrogen-bond donors (Lipinski definition) is 0. The van der Waals surface area contributed by atoms with E-state index in [4.69, 9.17) is 16.3 Å². The second-order valence-electron chi connectivity index (χ2n) is 6.47. The van der Waals surface area contributed by atoms with Crippen molar-refractivity contribution < 1.29 is 9.53 Å². The molecule has 1 aromatic heterocycles. The molecule has 0 saturated carbocycles. The van der Waals surface area contributed by atoms with Crippen molar-refractivity contribution in [3.63, 3.8) is 0 Å². The molecule has 2 aromatic carbocycles. The minimum absolute atomic E-state index is 0.00151. The van der Waals surface area contributed by atoms with Crippen LogP contribution in [-0.2, 0) is 0 Å². The molecule has 2 heterocycles. The number of carbonyl (C=O) groups is 1. The van der Waals surface area contributed by atoms with E-state index >= 15 is 0 Å². The van der Waals surface area contributed by atoms with Gasteiger partial charge in [0, 0.05) is 41.9 Å². The molecule has 0 unspecified atom stereocenters. The van der Waals surface area contributed by atoms with Gasteiger partial charge < -0.3 is 9.64 Å². The van der Waals surface area contributed by atoms with Crippen molar-refractivity contribution >= 4 is 28.8 Å². The number of likely N-dealkylation sites (tertiary alicyclic amines) is 1. The predicted molar refractivity (Wildman–Crippen MR) is 109 cm³/mol. The standard InChI is InChI=1S/C21H19ClN2O2S/c22-16-6-8-17(9-7-16)26-18-10-12-24(13-11-18)21(25)19-14-27-20(23-19)15-4-2-1-3-5-15/h1-9,14,18H,10-13H2. The second kappa shape index (κ2) is 8.11. The Labute approximate surface area is 167 Å². The SMILES string of the molecule is O=C(c1csc(-c2ccccc2)n1)N1CCC(Oc2ccc(Cl)cc2)CC1. The molecule has 0 N–H and O–H groups in total. The van der Waals surface area contributed by atoms with Crippen LogP contribution in [0.4, 0.5) is 0 Å². The van der Waals surface area contributed by atoms with E-state index in [-0.39, 0.29) is 12.0 Å². The first-order valence-corrected chi connectivity index (χ1v) is 10.2. The zero-order chi connectivity index (χ0) is 18.6. The third-order valence-electron chi connectivity index (χ3n) is 4.59. The maximum absolute atomic E-state index is 12.8. The maximum atomic E-state index is 12.8. The first kappa shape index (κ1) is 18.0. The minimum Gasteiger partial charge on any atom is -0.490 e. The fourth-order valence-corrected chi connectivity index (χ4v) is 4.06. The third kappa shape index (κ3) is 4.31. The summed E-state index contributed by atoms with van der Waals surface area (Å²) in [6, 6.07) is 17.3. The van der Waals surface area contributed by atoms with Crippen LogP contribution in [0.15, 0.2) is 60.0 Å². The van der Waals surface area contributed by atoms with Crippen molar-refractivity contribution in [2.45, 2.75) is 18.9 Å². The van der Waals surface area contributed by atoms with Crippen molar-refractivity contribution in [2.24, 2.45) is 0 Å². The Balaban J connectivity index is 1.35. The number of thiazole rings is 1. The van der Waals surface area contributed by atoms with E-state index in [2.05, 4.69) is 4.98 Å². The normalized spacial score (nSPS) is 14.9. The van der Waals surface area contributed by atoms with E-state index in [1.165, 1.54) is 11.3 Å². The lowest BCUT2D eigenvalue weighted by molar-refractivity contribution is 0.0591. The van der Waals surface area contributed by atoms with Crippen molar-refractivity contribution in [2.75, 3.05) is 13.1 Å². The number of carbonyl (C=O) groups excluding carboxylic acids is 1. The van der Waals surface area contributed by atoms with Gasteiger partial charge in [0.25, 0.3) is 5.91 Å². The van der Waals surface area contributed by atoms with Gasteiger partial charge in [0.2, 0.25) is 0 Å².